The molecule has 0 unspecified atom stereocenters. The monoisotopic (exact) mass is 835 g/mol. The summed E-state index contributed by atoms with van der Waals surface area (Å²) in [6, 6.07) is 15.9. The maximum absolute atomic E-state index is 12.5. The smallest absolute Gasteiger partial charge is 0.332 e. The van der Waals surface area contributed by atoms with Crippen molar-refractivity contribution in [2.45, 2.75) is 24.9 Å². The van der Waals surface area contributed by atoms with Crippen molar-refractivity contribution in [1.29, 1.82) is 0 Å². The van der Waals surface area contributed by atoms with E-state index >= 15 is 0 Å². The summed E-state index contributed by atoms with van der Waals surface area (Å²) in [7, 11) is 5.98. The number of hydrogen-bond acceptors (Lipinski definition) is 8. The zero-order chi connectivity index (χ0) is 34.6. The highest BCUT2D eigenvalue weighted by atomic mass is 79.9. The van der Waals surface area contributed by atoms with E-state index in [-0.39, 0.29) is 24.4 Å². The van der Waals surface area contributed by atoms with Gasteiger partial charge in [-0.2, -0.15) is 0 Å². The molecule has 0 saturated carbocycles. The molecule has 0 aliphatic carbocycles. The number of hydrogen-bond donors (Lipinski definition) is 2. The highest BCUT2D eigenvalue weighted by Crippen LogP contribution is 2.21. The van der Waals surface area contributed by atoms with E-state index in [1.54, 1.807) is 18.7 Å². The summed E-state index contributed by atoms with van der Waals surface area (Å²) in [6.45, 7) is -0.134. The van der Waals surface area contributed by atoms with Crippen LogP contribution < -0.4 is 22.5 Å². The maximum Gasteiger partial charge on any atom is 0.332 e. The Morgan fingerprint density at radius 2 is 1.34 bits per heavy atom. The first-order chi connectivity index (χ1) is 22.3. The fourth-order valence-electron chi connectivity index (χ4n) is 4.91. The van der Waals surface area contributed by atoms with E-state index in [2.05, 4.69) is 69.9 Å². The van der Waals surface area contributed by atoms with Gasteiger partial charge in [-0.1, -0.05) is 72.1 Å². The highest BCUT2D eigenvalue weighted by molar-refractivity contribution is 9.10. The average molecular weight is 838 g/mol. The molecule has 0 radical (unpaired) electrons. The third-order valence-corrected chi connectivity index (χ3v) is 9.03. The van der Waals surface area contributed by atoms with Crippen LogP contribution in [-0.2, 0) is 53.1 Å². The summed E-state index contributed by atoms with van der Waals surface area (Å²) in [6.07, 6.45) is 0.326. The average Bonchev–Trinajstić information content (AvgIpc) is 3.67. The van der Waals surface area contributed by atoms with Crippen LogP contribution in [0.3, 0.4) is 0 Å². The number of aliphatic hydroxyl groups is 2. The van der Waals surface area contributed by atoms with Gasteiger partial charge < -0.3 is 14.8 Å². The van der Waals surface area contributed by atoms with Crippen molar-refractivity contribution in [3.63, 3.8) is 0 Å². The van der Waals surface area contributed by atoms with Crippen LogP contribution in [0.1, 0.15) is 22.5 Å². The van der Waals surface area contributed by atoms with Gasteiger partial charge in [-0.05, 0) is 35.4 Å². The third-order valence-electron chi connectivity index (χ3n) is 7.39. The van der Waals surface area contributed by atoms with Crippen LogP contribution in [0.5, 0.6) is 0 Å². The number of alkyl halides is 1. The van der Waals surface area contributed by atoms with Crippen molar-refractivity contribution in [2.24, 2.45) is 33.2 Å². The molecule has 0 fully saturated rings. The van der Waals surface area contributed by atoms with E-state index in [0.29, 0.717) is 41.4 Å². The number of benzene rings is 2. The fraction of sp³-hybridized carbons (Fsp3) is 0.290. The van der Waals surface area contributed by atoms with Gasteiger partial charge in [-0.15, -0.1) is 0 Å². The molecule has 47 heavy (non-hydrogen) atoms. The lowest BCUT2D eigenvalue weighted by molar-refractivity contribution is 0.267. The fourth-order valence-corrected chi connectivity index (χ4v) is 6.15. The van der Waals surface area contributed by atoms with Crippen LogP contribution >= 0.6 is 47.8 Å². The Hall–Kier alpha value is -3.70. The van der Waals surface area contributed by atoms with Gasteiger partial charge in [0.25, 0.3) is 11.1 Å². The molecular formula is C31H32Br3N7O6. The molecule has 0 amide bonds. The Labute approximate surface area is 293 Å². The van der Waals surface area contributed by atoms with Gasteiger partial charge in [0.05, 0.1) is 17.9 Å². The lowest BCUT2D eigenvalue weighted by atomic mass is 10.2. The largest absolute Gasteiger partial charge is 0.390 e. The minimum Gasteiger partial charge on any atom is -0.390 e. The van der Waals surface area contributed by atoms with E-state index in [1.807, 2.05) is 36.4 Å². The standard InChI is InChI=1S/C15H15BrN4O3.C9H11N3O3.C7H6Br2/c1-18-13-12(14(22)19(2)15(18)23)20(11(8-21)17-13)7-9-4-3-5-10(16)6-9;1-11-7-6(3-5(4-13)10-7)8(14)12(2)9(11)15;8-5-6-2-1-3-7(9)4-6/h3-6,21H,7-8H2,1-2H3;13H,3-4H2,1-2H3;1-4H,5H2. The summed E-state index contributed by atoms with van der Waals surface area (Å²) >= 11 is 10.2. The first-order valence-corrected chi connectivity index (χ1v) is 16.8. The van der Waals surface area contributed by atoms with E-state index in [0.717, 1.165) is 29.0 Å². The maximum atomic E-state index is 12.5. The number of aromatic nitrogens is 6. The van der Waals surface area contributed by atoms with Crippen LogP contribution in [-0.4, -0.2) is 50.4 Å². The molecule has 0 saturated heterocycles. The summed E-state index contributed by atoms with van der Waals surface area (Å²) in [5.41, 5.74) is 2.21. The second-order valence-corrected chi connectivity index (χ2v) is 13.0. The minimum absolute atomic E-state index is 0.188. The summed E-state index contributed by atoms with van der Waals surface area (Å²) in [5.74, 6) is 0.713. The predicted molar refractivity (Wildman–Crippen MR) is 191 cm³/mol. The van der Waals surface area contributed by atoms with Crippen LogP contribution in [0, 0.1) is 0 Å². The normalized spacial score (nSPS) is 11.8. The van der Waals surface area contributed by atoms with Crippen molar-refractivity contribution in [3.05, 3.63) is 122 Å². The molecule has 3 aromatic heterocycles. The van der Waals surface area contributed by atoms with Crippen LogP contribution in [0.25, 0.3) is 11.2 Å². The van der Waals surface area contributed by atoms with E-state index in [4.69, 9.17) is 5.11 Å². The number of aliphatic hydroxyl groups excluding tert-OH is 2. The first-order valence-electron chi connectivity index (χ1n) is 14.1. The third kappa shape index (κ3) is 7.73. The SMILES string of the molecule is BrCc1cccc(Br)c1.Cn1c(=O)c2c(nc(CO)n2Cc2cccc(Br)c2)n(C)c1=O.Cn1c2c(c(=O)n(C)c1=O)CC(CO)=N2. The molecule has 0 atom stereocenters. The molecular weight excluding hydrogens is 806 g/mol. The summed E-state index contributed by atoms with van der Waals surface area (Å²) < 4.78 is 8.44. The Kier molecular flexibility index (Phi) is 11.9. The van der Waals surface area contributed by atoms with Gasteiger partial charge in [0, 0.05) is 55.4 Å². The van der Waals surface area contributed by atoms with Crippen LogP contribution in [0.2, 0.25) is 0 Å². The topological polar surface area (TPSA) is 159 Å². The summed E-state index contributed by atoms with van der Waals surface area (Å²) in [5, 5.41) is 19.4. The molecule has 1 aliphatic heterocycles. The summed E-state index contributed by atoms with van der Waals surface area (Å²) in [4.78, 5) is 56.1. The van der Waals surface area contributed by atoms with Crippen LogP contribution in [0.15, 0.2) is 81.6 Å². The molecule has 248 valence electrons. The van der Waals surface area contributed by atoms with Crippen LogP contribution in [0.4, 0.5) is 5.82 Å². The van der Waals surface area contributed by atoms with E-state index < -0.39 is 16.9 Å². The predicted octanol–water partition coefficient (Wildman–Crippen LogP) is 2.79. The molecule has 4 heterocycles. The van der Waals surface area contributed by atoms with Crippen molar-refractivity contribution < 1.29 is 10.2 Å². The second kappa shape index (κ2) is 15.5. The Morgan fingerprint density at radius 1 is 0.766 bits per heavy atom. The van der Waals surface area contributed by atoms with Gasteiger partial charge in [0.2, 0.25) is 0 Å². The number of rotatable bonds is 5. The van der Waals surface area contributed by atoms with Crippen molar-refractivity contribution in [1.82, 2.24) is 27.8 Å². The number of nitrogens with zero attached hydrogens (tertiary/aromatic N) is 7. The number of imidazole rings is 1. The number of halogens is 3. The Bertz CT molecular complexity index is 2230. The second-order valence-electron chi connectivity index (χ2n) is 10.6. The zero-order valence-corrected chi connectivity index (χ0v) is 30.7. The molecule has 5 aromatic rings. The molecule has 16 heteroatoms. The molecule has 0 spiro atoms. The van der Waals surface area contributed by atoms with Crippen molar-refractivity contribution >= 4 is 70.5 Å². The van der Waals surface area contributed by atoms with Gasteiger partial charge in [-0.3, -0.25) is 27.9 Å². The minimum atomic E-state index is -0.445. The zero-order valence-electron chi connectivity index (χ0n) is 25.9. The molecule has 1 aliphatic rings. The molecule has 6 rings (SSSR count). The molecule has 2 N–H and O–H groups in total. The van der Waals surface area contributed by atoms with Gasteiger partial charge in [0.1, 0.15) is 18.2 Å². The number of aliphatic imine (C=N–C) groups is 1. The number of fused-ring (bicyclic) bond motifs is 2. The van der Waals surface area contributed by atoms with Gasteiger partial charge >= 0.3 is 11.4 Å². The molecule has 2 aromatic carbocycles. The van der Waals surface area contributed by atoms with Gasteiger partial charge in [-0.25, -0.2) is 19.6 Å². The first kappa shape index (κ1) is 36.1. The lowest BCUT2D eigenvalue weighted by Gasteiger charge is -2.09. The van der Waals surface area contributed by atoms with E-state index in [1.165, 1.54) is 28.8 Å². The van der Waals surface area contributed by atoms with Crippen molar-refractivity contribution in [2.75, 3.05) is 6.61 Å². The highest BCUT2D eigenvalue weighted by Gasteiger charge is 2.22. The van der Waals surface area contributed by atoms with E-state index in [9.17, 15) is 24.3 Å². The molecule has 13 nitrogen and oxygen atoms in total. The van der Waals surface area contributed by atoms with Gasteiger partial charge in [0.15, 0.2) is 11.2 Å². The van der Waals surface area contributed by atoms with Crippen molar-refractivity contribution in [3.8, 4) is 0 Å². The lowest BCUT2D eigenvalue weighted by Crippen LogP contribution is -2.38. The quantitative estimate of drug-likeness (QED) is 0.258. The Balaban J connectivity index is 0.000000178. The molecule has 0 bridgehead atoms. The number of aryl methyl sites for hydroxylation is 1. The Morgan fingerprint density at radius 3 is 1.89 bits per heavy atom.